The molecule has 116 valence electrons. The normalized spacial score (nSPS) is 14.4. The maximum absolute atomic E-state index is 12.5. The summed E-state index contributed by atoms with van der Waals surface area (Å²) >= 11 is 3.37. The molecule has 2 aromatic rings. The van der Waals surface area contributed by atoms with E-state index in [0.29, 0.717) is 43.3 Å². The first-order chi connectivity index (χ1) is 11.2. The lowest BCUT2D eigenvalue weighted by Crippen LogP contribution is -2.49. The minimum absolute atomic E-state index is 0.0248. The Balaban J connectivity index is 1.68. The molecule has 0 N–H and O–H groups in total. The van der Waals surface area contributed by atoms with Crippen LogP contribution in [0.15, 0.2) is 41.1 Å². The highest BCUT2D eigenvalue weighted by molar-refractivity contribution is 9.10. The zero-order valence-electron chi connectivity index (χ0n) is 12.3. The molecule has 0 spiro atoms. The second-order valence-corrected chi connectivity index (χ2v) is 6.04. The highest BCUT2D eigenvalue weighted by Crippen LogP contribution is 2.18. The van der Waals surface area contributed by atoms with E-state index in [1.54, 1.807) is 6.20 Å². The first-order valence-corrected chi connectivity index (χ1v) is 7.99. The van der Waals surface area contributed by atoms with Gasteiger partial charge in [-0.05, 0) is 24.3 Å². The number of hydrogen-bond donors (Lipinski definition) is 0. The van der Waals surface area contributed by atoms with E-state index >= 15 is 0 Å². The summed E-state index contributed by atoms with van der Waals surface area (Å²) in [5.74, 6) is 0.613. The summed E-state index contributed by atoms with van der Waals surface area (Å²) in [6, 6.07) is 9.41. The SMILES string of the molecule is N#Cc1nccnc1N1CCN(C(=O)c2ccc(Br)cc2)CC1. The Hall–Kier alpha value is -2.46. The molecule has 0 atom stereocenters. The number of benzene rings is 1. The lowest BCUT2D eigenvalue weighted by atomic mass is 10.2. The van der Waals surface area contributed by atoms with Gasteiger partial charge in [0.2, 0.25) is 0 Å². The minimum Gasteiger partial charge on any atom is -0.351 e. The molecule has 1 fully saturated rings. The molecule has 0 bridgehead atoms. The number of carbonyl (C=O) groups is 1. The van der Waals surface area contributed by atoms with E-state index in [1.807, 2.05) is 34.1 Å². The lowest BCUT2D eigenvalue weighted by molar-refractivity contribution is 0.0746. The Morgan fingerprint density at radius 2 is 1.74 bits per heavy atom. The number of halogens is 1. The molecule has 1 aromatic heterocycles. The van der Waals surface area contributed by atoms with E-state index in [9.17, 15) is 4.79 Å². The quantitative estimate of drug-likeness (QED) is 0.807. The van der Waals surface area contributed by atoms with Crippen LogP contribution < -0.4 is 4.90 Å². The largest absolute Gasteiger partial charge is 0.351 e. The first kappa shape index (κ1) is 15.4. The summed E-state index contributed by atoms with van der Waals surface area (Å²) in [5.41, 5.74) is 0.999. The number of carbonyl (C=O) groups excluding carboxylic acids is 1. The molecular formula is C16H14BrN5O. The van der Waals surface area contributed by atoms with Gasteiger partial charge in [-0.1, -0.05) is 15.9 Å². The fourth-order valence-electron chi connectivity index (χ4n) is 2.54. The van der Waals surface area contributed by atoms with Crippen LogP contribution in [-0.4, -0.2) is 47.0 Å². The van der Waals surface area contributed by atoms with Gasteiger partial charge in [0, 0.05) is 48.6 Å². The number of amides is 1. The van der Waals surface area contributed by atoms with Crippen molar-refractivity contribution in [3.63, 3.8) is 0 Å². The van der Waals surface area contributed by atoms with E-state index in [-0.39, 0.29) is 5.91 Å². The van der Waals surface area contributed by atoms with E-state index in [0.717, 1.165) is 4.47 Å². The molecule has 1 aromatic carbocycles. The molecule has 0 unspecified atom stereocenters. The van der Waals surface area contributed by atoms with E-state index in [2.05, 4.69) is 32.0 Å². The predicted molar refractivity (Wildman–Crippen MR) is 89.0 cm³/mol. The van der Waals surface area contributed by atoms with Crippen molar-refractivity contribution in [3.8, 4) is 6.07 Å². The Kier molecular flexibility index (Phi) is 4.53. The van der Waals surface area contributed by atoms with Crippen molar-refractivity contribution < 1.29 is 4.79 Å². The Morgan fingerprint density at radius 1 is 1.09 bits per heavy atom. The smallest absolute Gasteiger partial charge is 0.253 e. The van der Waals surface area contributed by atoms with Crippen LogP contribution in [0.2, 0.25) is 0 Å². The fourth-order valence-corrected chi connectivity index (χ4v) is 2.80. The van der Waals surface area contributed by atoms with Crippen LogP contribution in [0.1, 0.15) is 16.1 Å². The monoisotopic (exact) mass is 371 g/mol. The summed E-state index contributed by atoms with van der Waals surface area (Å²) in [6.07, 6.45) is 3.09. The van der Waals surface area contributed by atoms with Gasteiger partial charge in [0.15, 0.2) is 11.5 Å². The second-order valence-electron chi connectivity index (χ2n) is 5.13. The second kappa shape index (κ2) is 6.75. The fraction of sp³-hybridized carbons (Fsp3) is 0.250. The molecule has 7 heteroatoms. The van der Waals surface area contributed by atoms with Crippen molar-refractivity contribution in [2.24, 2.45) is 0 Å². The van der Waals surface area contributed by atoms with Crippen LogP contribution in [0.3, 0.4) is 0 Å². The van der Waals surface area contributed by atoms with Crippen molar-refractivity contribution in [1.29, 1.82) is 5.26 Å². The molecule has 1 saturated heterocycles. The number of anilines is 1. The molecule has 1 amide bonds. The zero-order chi connectivity index (χ0) is 16.2. The maximum atomic E-state index is 12.5. The molecule has 0 aliphatic carbocycles. The van der Waals surface area contributed by atoms with E-state index in [4.69, 9.17) is 5.26 Å². The van der Waals surface area contributed by atoms with Gasteiger partial charge in [-0.25, -0.2) is 9.97 Å². The Morgan fingerprint density at radius 3 is 2.39 bits per heavy atom. The molecule has 3 rings (SSSR count). The molecule has 1 aliphatic rings. The summed E-state index contributed by atoms with van der Waals surface area (Å²) < 4.78 is 0.950. The van der Waals surface area contributed by atoms with Gasteiger partial charge in [0.25, 0.3) is 5.91 Å². The van der Waals surface area contributed by atoms with Crippen LogP contribution in [0.25, 0.3) is 0 Å². The van der Waals surface area contributed by atoms with E-state index in [1.165, 1.54) is 6.20 Å². The number of aromatic nitrogens is 2. The average Bonchev–Trinajstić information content (AvgIpc) is 2.62. The highest BCUT2D eigenvalue weighted by Gasteiger charge is 2.24. The van der Waals surface area contributed by atoms with Crippen LogP contribution in [0.5, 0.6) is 0 Å². The molecule has 23 heavy (non-hydrogen) atoms. The number of nitriles is 1. The molecule has 1 aliphatic heterocycles. The highest BCUT2D eigenvalue weighted by atomic mass is 79.9. The van der Waals surface area contributed by atoms with Crippen LogP contribution in [0, 0.1) is 11.3 Å². The topological polar surface area (TPSA) is 73.1 Å². The molecule has 0 saturated carbocycles. The van der Waals surface area contributed by atoms with Gasteiger partial charge >= 0.3 is 0 Å². The van der Waals surface area contributed by atoms with E-state index < -0.39 is 0 Å². The third-order valence-corrected chi connectivity index (χ3v) is 4.27. The third-order valence-electron chi connectivity index (χ3n) is 3.74. The van der Waals surface area contributed by atoms with Crippen molar-refractivity contribution in [2.45, 2.75) is 0 Å². The standard InChI is InChI=1S/C16H14BrN5O/c17-13-3-1-12(2-4-13)16(23)22-9-7-21(8-10-22)15-14(11-18)19-5-6-20-15/h1-6H,7-10H2. The molecule has 0 radical (unpaired) electrons. The van der Waals surface area contributed by atoms with Crippen molar-refractivity contribution in [1.82, 2.24) is 14.9 Å². The van der Waals surface area contributed by atoms with Crippen molar-refractivity contribution >= 4 is 27.7 Å². The van der Waals surface area contributed by atoms with Gasteiger partial charge < -0.3 is 9.80 Å². The first-order valence-electron chi connectivity index (χ1n) is 7.20. The lowest BCUT2D eigenvalue weighted by Gasteiger charge is -2.35. The van der Waals surface area contributed by atoms with Crippen molar-refractivity contribution in [2.75, 3.05) is 31.1 Å². The third kappa shape index (κ3) is 3.32. The predicted octanol–water partition coefficient (Wildman–Crippen LogP) is 2.07. The number of piperazine rings is 1. The average molecular weight is 372 g/mol. The summed E-state index contributed by atoms with van der Waals surface area (Å²) in [7, 11) is 0. The van der Waals surface area contributed by atoms with Crippen LogP contribution in [0.4, 0.5) is 5.82 Å². The minimum atomic E-state index is 0.0248. The molecular weight excluding hydrogens is 358 g/mol. The Bertz CT molecular complexity index is 748. The van der Waals surface area contributed by atoms with Gasteiger partial charge in [-0.2, -0.15) is 5.26 Å². The van der Waals surface area contributed by atoms with Gasteiger partial charge in [0.1, 0.15) is 6.07 Å². The number of rotatable bonds is 2. The van der Waals surface area contributed by atoms with Crippen LogP contribution in [-0.2, 0) is 0 Å². The van der Waals surface area contributed by atoms with Crippen LogP contribution >= 0.6 is 15.9 Å². The summed E-state index contributed by atoms with van der Waals surface area (Å²) in [5, 5.41) is 9.11. The molecule has 6 nitrogen and oxygen atoms in total. The summed E-state index contributed by atoms with van der Waals surface area (Å²) in [4.78, 5) is 24.6. The van der Waals surface area contributed by atoms with Gasteiger partial charge in [0.05, 0.1) is 0 Å². The number of hydrogen-bond acceptors (Lipinski definition) is 5. The molecule has 2 heterocycles. The maximum Gasteiger partial charge on any atom is 0.253 e. The Labute approximate surface area is 142 Å². The van der Waals surface area contributed by atoms with Gasteiger partial charge in [-0.3, -0.25) is 4.79 Å². The number of nitrogens with zero attached hydrogens (tertiary/aromatic N) is 5. The van der Waals surface area contributed by atoms with Gasteiger partial charge in [-0.15, -0.1) is 0 Å². The zero-order valence-corrected chi connectivity index (χ0v) is 13.9. The summed E-state index contributed by atoms with van der Waals surface area (Å²) in [6.45, 7) is 2.46. The van der Waals surface area contributed by atoms with Crippen molar-refractivity contribution in [3.05, 3.63) is 52.4 Å².